The number of hydrogen-bond acceptors (Lipinski definition) is 4. The first-order chi connectivity index (χ1) is 11.0. The highest BCUT2D eigenvalue weighted by atomic mass is 79.9. The average molecular weight is 409 g/mol. The zero-order valence-electron chi connectivity index (χ0n) is 12.0. The summed E-state index contributed by atoms with van der Waals surface area (Å²) in [6, 6.07) is 13.2. The summed E-state index contributed by atoms with van der Waals surface area (Å²) in [6.45, 7) is 1.36. The lowest BCUT2D eigenvalue weighted by molar-refractivity contribution is -0.131. The Hall–Kier alpha value is -1.69. The Morgan fingerprint density at radius 1 is 1.30 bits per heavy atom. The van der Waals surface area contributed by atoms with Gasteiger partial charge in [0.15, 0.2) is 5.75 Å². The van der Waals surface area contributed by atoms with E-state index < -0.39 is 0 Å². The minimum atomic E-state index is -0.385. The van der Waals surface area contributed by atoms with Gasteiger partial charge in [-0.15, -0.1) is 11.3 Å². The number of esters is 1. The van der Waals surface area contributed by atoms with Gasteiger partial charge in [-0.25, -0.2) is 0 Å². The number of aliphatic imine (C=N–C) groups is 1. The number of hydrogen-bond donors (Lipinski definition) is 0. The highest BCUT2D eigenvalue weighted by Gasteiger charge is 2.09. The van der Waals surface area contributed by atoms with E-state index >= 15 is 0 Å². The normalized spacial score (nSPS) is 11.3. The molecule has 6 heteroatoms. The predicted octanol–water partition coefficient (Wildman–Crippen LogP) is 5.99. The third-order valence-electron chi connectivity index (χ3n) is 3.06. The van der Waals surface area contributed by atoms with Crippen LogP contribution in [-0.2, 0) is 4.79 Å². The van der Waals surface area contributed by atoms with E-state index in [1.807, 2.05) is 24.3 Å². The number of carbonyl (C=O) groups is 1. The Morgan fingerprint density at radius 3 is 2.83 bits per heavy atom. The summed E-state index contributed by atoms with van der Waals surface area (Å²) in [5, 5.41) is 1.69. The van der Waals surface area contributed by atoms with Crippen molar-refractivity contribution >= 4 is 66.8 Å². The van der Waals surface area contributed by atoms with Crippen LogP contribution in [0.5, 0.6) is 5.75 Å². The number of carbonyl (C=O) groups excluding carboxylic acids is 1. The SMILES string of the molecule is CC(=O)Oc1ccc(Br)cc1N=Cc1sc2ccccc2c1Cl. The molecule has 1 aromatic heterocycles. The molecule has 1 heterocycles. The molecule has 0 aliphatic rings. The second kappa shape index (κ2) is 6.83. The fourth-order valence-corrected chi connectivity index (χ4v) is 3.78. The number of fused-ring (bicyclic) bond motifs is 1. The van der Waals surface area contributed by atoms with Gasteiger partial charge in [-0.2, -0.15) is 0 Å². The molecule has 0 saturated heterocycles. The molecule has 0 bridgehead atoms. The molecule has 0 atom stereocenters. The maximum absolute atomic E-state index is 11.2. The lowest BCUT2D eigenvalue weighted by Gasteiger charge is -2.05. The van der Waals surface area contributed by atoms with Gasteiger partial charge < -0.3 is 4.74 Å². The van der Waals surface area contributed by atoms with E-state index in [1.165, 1.54) is 6.92 Å². The van der Waals surface area contributed by atoms with E-state index in [0.29, 0.717) is 16.5 Å². The van der Waals surface area contributed by atoms with Gasteiger partial charge >= 0.3 is 5.97 Å². The van der Waals surface area contributed by atoms with Crippen molar-refractivity contribution in [2.75, 3.05) is 0 Å². The molecule has 0 unspecified atom stereocenters. The largest absolute Gasteiger partial charge is 0.424 e. The van der Waals surface area contributed by atoms with Gasteiger partial charge in [0, 0.05) is 27.7 Å². The Bertz CT molecular complexity index is 920. The standard InChI is InChI=1S/C17H11BrClNO2S/c1-10(21)22-14-7-6-11(18)8-13(14)20-9-16-17(19)12-4-2-3-5-15(12)23-16/h2-9H,1H3. The molecule has 2 aromatic carbocycles. The van der Waals surface area contributed by atoms with Gasteiger partial charge in [0.25, 0.3) is 0 Å². The zero-order chi connectivity index (χ0) is 16.4. The van der Waals surface area contributed by atoms with Crippen molar-refractivity contribution < 1.29 is 9.53 Å². The van der Waals surface area contributed by atoms with Crippen molar-refractivity contribution in [1.82, 2.24) is 0 Å². The summed E-state index contributed by atoms with van der Waals surface area (Å²) in [7, 11) is 0. The lowest BCUT2D eigenvalue weighted by Crippen LogP contribution is -2.01. The number of halogens is 2. The molecule has 23 heavy (non-hydrogen) atoms. The third-order valence-corrected chi connectivity index (χ3v) is 5.17. The van der Waals surface area contributed by atoms with Crippen LogP contribution in [0.3, 0.4) is 0 Å². The Kier molecular flexibility index (Phi) is 4.80. The van der Waals surface area contributed by atoms with Crippen LogP contribution in [0, 0.1) is 0 Å². The van der Waals surface area contributed by atoms with Gasteiger partial charge in [-0.3, -0.25) is 9.79 Å². The van der Waals surface area contributed by atoms with Crippen molar-refractivity contribution in [3.63, 3.8) is 0 Å². The van der Waals surface area contributed by atoms with Crippen LogP contribution in [-0.4, -0.2) is 12.2 Å². The van der Waals surface area contributed by atoms with Crippen molar-refractivity contribution in [2.45, 2.75) is 6.92 Å². The van der Waals surface area contributed by atoms with Crippen molar-refractivity contribution in [3.05, 3.63) is 56.8 Å². The van der Waals surface area contributed by atoms with Crippen LogP contribution in [0.2, 0.25) is 5.02 Å². The summed E-state index contributed by atoms with van der Waals surface area (Å²) in [6.07, 6.45) is 1.70. The first kappa shape index (κ1) is 16.2. The zero-order valence-corrected chi connectivity index (χ0v) is 15.2. The maximum Gasteiger partial charge on any atom is 0.308 e. The number of thiophene rings is 1. The summed E-state index contributed by atoms with van der Waals surface area (Å²) in [5.41, 5.74) is 0.558. The number of benzene rings is 2. The monoisotopic (exact) mass is 407 g/mol. The molecule has 3 nitrogen and oxygen atoms in total. The van der Waals surface area contributed by atoms with E-state index in [9.17, 15) is 4.79 Å². The van der Waals surface area contributed by atoms with Gasteiger partial charge in [0.1, 0.15) is 5.69 Å². The van der Waals surface area contributed by atoms with Crippen LogP contribution in [0.15, 0.2) is 51.9 Å². The Balaban J connectivity index is 2.00. The molecule has 0 amide bonds. The van der Waals surface area contributed by atoms with Crippen molar-refractivity contribution in [1.29, 1.82) is 0 Å². The molecule has 3 aromatic rings. The molecule has 0 radical (unpaired) electrons. The summed E-state index contributed by atoms with van der Waals surface area (Å²) >= 11 is 11.4. The minimum absolute atomic E-state index is 0.385. The lowest BCUT2D eigenvalue weighted by atomic mass is 10.2. The molecule has 0 N–H and O–H groups in total. The van der Waals surface area contributed by atoms with E-state index in [4.69, 9.17) is 16.3 Å². The quantitative estimate of drug-likeness (QED) is 0.303. The smallest absolute Gasteiger partial charge is 0.308 e. The number of rotatable bonds is 3. The average Bonchev–Trinajstić information content (AvgIpc) is 2.84. The minimum Gasteiger partial charge on any atom is -0.424 e. The Morgan fingerprint density at radius 2 is 2.09 bits per heavy atom. The first-order valence-corrected chi connectivity index (χ1v) is 8.72. The second-order valence-electron chi connectivity index (χ2n) is 4.74. The molecule has 0 saturated carbocycles. The van der Waals surface area contributed by atoms with E-state index in [1.54, 1.807) is 35.8 Å². The summed E-state index contributed by atoms with van der Waals surface area (Å²) < 4.78 is 7.13. The molecule has 0 aliphatic carbocycles. The van der Waals surface area contributed by atoms with Crippen LogP contribution < -0.4 is 4.74 Å². The van der Waals surface area contributed by atoms with Crippen LogP contribution >= 0.6 is 38.9 Å². The molecule has 0 spiro atoms. The highest BCUT2D eigenvalue weighted by molar-refractivity contribution is 9.10. The summed E-state index contributed by atoms with van der Waals surface area (Å²) in [5.74, 6) is 0.0258. The molecular weight excluding hydrogens is 398 g/mol. The van der Waals surface area contributed by atoms with E-state index in [-0.39, 0.29) is 5.97 Å². The first-order valence-electron chi connectivity index (χ1n) is 6.73. The number of nitrogens with zero attached hydrogens (tertiary/aromatic N) is 1. The third kappa shape index (κ3) is 3.63. The highest BCUT2D eigenvalue weighted by Crippen LogP contribution is 2.35. The fraction of sp³-hybridized carbons (Fsp3) is 0.0588. The molecule has 3 rings (SSSR count). The predicted molar refractivity (Wildman–Crippen MR) is 99.5 cm³/mol. The van der Waals surface area contributed by atoms with Gasteiger partial charge in [-0.05, 0) is 24.3 Å². The molecule has 0 fully saturated rings. The van der Waals surface area contributed by atoms with Crippen LogP contribution in [0.25, 0.3) is 10.1 Å². The van der Waals surface area contributed by atoms with E-state index in [2.05, 4.69) is 20.9 Å². The van der Waals surface area contributed by atoms with Crippen LogP contribution in [0.1, 0.15) is 11.8 Å². The molecule has 0 aliphatic heterocycles. The number of ether oxygens (including phenoxy) is 1. The van der Waals surface area contributed by atoms with Gasteiger partial charge in [0.2, 0.25) is 0 Å². The van der Waals surface area contributed by atoms with E-state index in [0.717, 1.165) is 19.4 Å². The van der Waals surface area contributed by atoms with Crippen LogP contribution in [0.4, 0.5) is 5.69 Å². The summed E-state index contributed by atoms with van der Waals surface area (Å²) in [4.78, 5) is 16.5. The topological polar surface area (TPSA) is 38.7 Å². The van der Waals surface area contributed by atoms with Crippen molar-refractivity contribution in [3.8, 4) is 5.75 Å². The maximum atomic E-state index is 11.2. The van der Waals surface area contributed by atoms with Crippen molar-refractivity contribution in [2.24, 2.45) is 4.99 Å². The van der Waals surface area contributed by atoms with Gasteiger partial charge in [0.05, 0.1) is 9.90 Å². The molecule has 116 valence electrons. The van der Waals surface area contributed by atoms with Gasteiger partial charge in [-0.1, -0.05) is 45.7 Å². The molecular formula is C17H11BrClNO2S. The fourth-order valence-electron chi connectivity index (χ4n) is 2.08. The second-order valence-corrected chi connectivity index (χ2v) is 7.12. The Labute approximate surface area is 150 Å².